The average Bonchev–Trinajstić information content (AvgIpc) is 2.37. The smallest absolute Gasteiger partial charge is 0.0707 e. The molecule has 1 aromatic carbocycles. The largest absolute Gasteiger partial charge is 0.256 e. The second-order valence-electron chi connectivity index (χ2n) is 7.96. The molecule has 0 amide bonds. The Labute approximate surface area is 129 Å². The molecule has 0 bridgehead atoms. The summed E-state index contributed by atoms with van der Waals surface area (Å²) >= 11 is 0. The quantitative estimate of drug-likeness (QED) is 0.658. The molecule has 0 fully saturated rings. The Bertz CT molecular complexity index is 640. The van der Waals surface area contributed by atoms with Gasteiger partial charge in [0.2, 0.25) is 0 Å². The van der Waals surface area contributed by atoms with E-state index in [1.165, 1.54) is 22.3 Å². The molecule has 0 atom stereocenters. The maximum absolute atomic E-state index is 4.61. The van der Waals surface area contributed by atoms with Crippen LogP contribution in [0.4, 0.5) is 0 Å². The summed E-state index contributed by atoms with van der Waals surface area (Å²) in [6.07, 6.45) is 1.93. The first-order valence-corrected chi connectivity index (χ1v) is 7.67. The van der Waals surface area contributed by atoms with Crippen LogP contribution >= 0.6 is 0 Å². The van der Waals surface area contributed by atoms with Gasteiger partial charge in [0, 0.05) is 11.8 Å². The number of aryl methyl sites for hydroxylation is 1. The van der Waals surface area contributed by atoms with E-state index in [0.717, 1.165) is 5.69 Å². The topological polar surface area (TPSA) is 12.9 Å². The highest BCUT2D eigenvalue weighted by molar-refractivity contribution is 5.65. The summed E-state index contributed by atoms with van der Waals surface area (Å²) in [5.41, 5.74) is 6.58. The predicted octanol–water partition coefficient (Wildman–Crippen LogP) is 5.65. The lowest BCUT2D eigenvalue weighted by atomic mass is 9.83. The van der Waals surface area contributed by atoms with Crippen LogP contribution in [0, 0.1) is 6.92 Å². The van der Waals surface area contributed by atoms with E-state index in [9.17, 15) is 0 Å². The molecule has 0 spiro atoms. The third kappa shape index (κ3) is 3.53. The molecule has 0 aliphatic rings. The molecular formula is C20H27N. The van der Waals surface area contributed by atoms with E-state index in [2.05, 4.69) is 83.8 Å². The Balaban J connectivity index is 2.57. The molecule has 1 nitrogen and oxygen atoms in total. The minimum absolute atomic E-state index is 0.146. The second kappa shape index (κ2) is 5.29. The number of aromatic nitrogens is 1. The summed E-state index contributed by atoms with van der Waals surface area (Å²) < 4.78 is 0. The number of benzene rings is 1. The Morgan fingerprint density at radius 3 is 1.90 bits per heavy atom. The van der Waals surface area contributed by atoms with Crippen molar-refractivity contribution in [3.05, 3.63) is 53.2 Å². The highest BCUT2D eigenvalue weighted by Crippen LogP contribution is 2.31. The van der Waals surface area contributed by atoms with Gasteiger partial charge in [0.1, 0.15) is 0 Å². The minimum Gasteiger partial charge on any atom is -0.256 e. The van der Waals surface area contributed by atoms with Crippen molar-refractivity contribution < 1.29 is 0 Å². The van der Waals surface area contributed by atoms with E-state index in [1.54, 1.807) is 0 Å². The van der Waals surface area contributed by atoms with Crippen LogP contribution in [-0.2, 0) is 10.8 Å². The van der Waals surface area contributed by atoms with Gasteiger partial charge in [-0.2, -0.15) is 0 Å². The summed E-state index contributed by atoms with van der Waals surface area (Å²) in [5.74, 6) is 0. The normalized spacial score (nSPS) is 12.5. The third-order valence-electron chi connectivity index (χ3n) is 4.01. The van der Waals surface area contributed by atoms with Gasteiger partial charge in [-0.1, -0.05) is 53.7 Å². The first kappa shape index (κ1) is 15.8. The monoisotopic (exact) mass is 281 g/mol. The standard InChI is InChI=1S/C20H27N/c1-14-8-9-15(19(2,3)4)12-17(14)18-13-16(10-11-21-18)20(5,6)7/h8-13H,1-7H3. The van der Waals surface area contributed by atoms with Crippen molar-refractivity contribution in [3.63, 3.8) is 0 Å². The van der Waals surface area contributed by atoms with Gasteiger partial charge in [-0.05, 0) is 52.6 Å². The van der Waals surface area contributed by atoms with Crippen molar-refractivity contribution in [1.29, 1.82) is 0 Å². The molecule has 21 heavy (non-hydrogen) atoms. The minimum atomic E-state index is 0.146. The first-order valence-electron chi connectivity index (χ1n) is 7.67. The van der Waals surface area contributed by atoms with Gasteiger partial charge in [0.25, 0.3) is 0 Å². The highest BCUT2D eigenvalue weighted by atomic mass is 14.7. The van der Waals surface area contributed by atoms with E-state index in [-0.39, 0.29) is 10.8 Å². The van der Waals surface area contributed by atoms with Crippen LogP contribution in [-0.4, -0.2) is 4.98 Å². The summed E-state index contributed by atoms with van der Waals surface area (Å²) in [6, 6.07) is 11.1. The van der Waals surface area contributed by atoms with Gasteiger partial charge in [-0.15, -0.1) is 0 Å². The summed E-state index contributed by atoms with van der Waals surface area (Å²) in [6.45, 7) is 15.6. The molecule has 1 aromatic heterocycles. The lowest BCUT2D eigenvalue weighted by Gasteiger charge is -2.22. The van der Waals surface area contributed by atoms with Crippen molar-refractivity contribution >= 4 is 0 Å². The van der Waals surface area contributed by atoms with Crippen molar-refractivity contribution in [2.45, 2.75) is 59.3 Å². The molecule has 0 aliphatic carbocycles. The molecule has 0 saturated carbocycles. The number of pyridine rings is 1. The Kier molecular flexibility index (Phi) is 3.97. The van der Waals surface area contributed by atoms with E-state index < -0.39 is 0 Å². The maximum atomic E-state index is 4.61. The Hall–Kier alpha value is -1.63. The van der Waals surface area contributed by atoms with E-state index in [4.69, 9.17) is 0 Å². The van der Waals surface area contributed by atoms with Crippen LogP contribution in [0.1, 0.15) is 58.2 Å². The number of hydrogen-bond donors (Lipinski definition) is 0. The molecule has 2 rings (SSSR count). The maximum Gasteiger partial charge on any atom is 0.0707 e. The SMILES string of the molecule is Cc1ccc(C(C)(C)C)cc1-c1cc(C(C)(C)C)ccn1. The molecule has 0 unspecified atom stereocenters. The average molecular weight is 281 g/mol. The van der Waals surface area contributed by atoms with Crippen molar-refractivity contribution in [2.75, 3.05) is 0 Å². The molecular weight excluding hydrogens is 254 g/mol. The summed E-state index contributed by atoms with van der Waals surface area (Å²) in [7, 11) is 0. The van der Waals surface area contributed by atoms with Gasteiger partial charge in [0.05, 0.1) is 5.69 Å². The van der Waals surface area contributed by atoms with Gasteiger partial charge in [-0.25, -0.2) is 0 Å². The van der Waals surface area contributed by atoms with E-state index in [1.807, 2.05) is 6.20 Å². The first-order chi connectivity index (χ1) is 9.59. The van der Waals surface area contributed by atoms with E-state index in [0.29, 0.717) is 0 Å². The summed E-state index contributed by atoms with van der Waals surface area (Å²) in [5, 5.41) is 0. The Morgan fingerprint density at radius 1 is 0.762 bits per heavy atom. The molecule has 1 heteroatoms. The number of hydrogen-bond acceptors (Lipinski definition) is 1. The second-order valence-corrected chi connectivity index (χ2v) is 7.96. The van der Waals surface area contributed by atoms with Gasteiger partial charge < -0.3 is 0 Å². The number of rotatable bonds is 1. The van der Waals surface area contributed by atoms with Crippen molar-refractivity contribution in [1.82, 2.24) is 4.98 Å². The zero-order chi connectivity index (χ0) is 15.8. The molecule has 0 aliphatic heterocycles. The van der Waals surface area contributed by atoms with Crippen molar-refractivity contribution in [2.24, 2.45) is 0 Å². The van der Waals surface area contributed by atoms with Crippen LogP contribution in [0.3, 0.4) is 0 Å². The molecule has 0 N–H and O–H groups in total. The van der Waals surface area contributed by atoms with Gasteiger partial charge in [0.15, 0.2) is 0 Å². The molecule has 112 valence electrons. The molecule has 0 radical (unpaired) electrons. The summed E-state index contributed by atoms with van der Waals surface area (Å²) in [4.78, 5) is 4.61. The fourth-order valence-corrected chi connectivity index (χ4v) is 2.41. The third-order valence-corrected chi connectivity index (χ3v) is 4.01. The number of nitrogens with zero attached hydrogens (tertiary/aromatic N) is 1. The molecule has 1 heterocycles. The highest BCUT2D eigenvalue weighted by Gasteiger charge is 2.18. The Morgan fingerprint density at radius 2 is 1.33 bits per heavy atom. The van der Waals surface area contributed by atoms with Crippen molar-refractivity contribution in [3.8, 4) is 11.3 Å². The predicted molar refractivity (Wildman–Crippen MR) is 91.8 cm³/mol. The van der Waals surface area contributed by atoms with Crippen LogP contribution in [0.5, 0.6) is 0 Å². The van der Waals surface area contributed by atoms with Crippen LogP contribution in [0.25, 0.3) is 11.3 Å². The van der Waals surface area contributed by atoms with Crippen LogP contribution in [0.2, 0.25) is 0 Å². The van der Waals surface area contributed by atoms with Gasteiger partial charge >= 0.3 is 0 Å². The zero-order valence-electron chi connectivity index (χ0n) is 14.4. The lowest BCUT2D eigenvalue weighted by Crippen LogP contribution is -2.12. The zero-order valence-corrected chi connectivity index (χ0v) is 14.4. The molecule has 0 saturated heterocycles. The van der Waals surface area contributed by atoms with Crippen LogP contribution in [0.15, 0.2) is 36.5 Å². The van der Waals surface area contributed by atoms with Gasteiger partial charge in [-0.3, -0.25) is 4.98 Å². The lowest BCUT2D eigenvalue weighted by molar-refractivity contribution is 0.588. The molecule has 2 aromatic rings. The fraction of sp³-hybridized carbons (Fsp3) is 0.450. The fourth-order valence-electron chi connectivity index (χ4n) is 2.41. The van der Waals surface area contributed by atoms with E-state index >= 15 is 0 Å². The van der Waals surface area contributed by atoms with Crippen LogP contribution < -0.4 is 0 Å².